The van der Waals surface area contributed by atoms with Crippen LogP contribution in [0.25, 0.3) is 12.2 Å². The molecule has 1 aromatic heterocycles. The van der Waals surface area contributed by atoms with Gasteiger partial charge in [0.05, 0.1) is 24.0 Å². The highest BCUT2D eigenvalue weighted by molar-refractivity contribution is 5.93. The Bertz CT molecular complexity index is 651. The number of rotatable bonds is 7. The van der Waals surface area contributed by atoms with E-state index in [2.05, 4.69) is 4.98 Å². The number of ether oxygens (including phenoxy) is 2. The van der Waals surface area contributed by atoms with E-state index in [4.69, 9.17) is 9.47 Å². The van der Waals surface area contributed by atoms with E-state index >= 15 is 0 Å². The first-order valence-corrected chi connectivity index (χ1v) is 7.63. The average molecular weight is 311 g/mol. The third kappa shape index (κ3) is 5.68. The Morgan fingerprint density at radius 1 is 1.09 bits per heavy atom. The van der Waals surface area contributed by atoms with Crippen LogP contribution in [0.5, 0.6) is 0 Å². The van der Waals surface area contributed by atoms with Crippen LogP contribution in [0, 0.1) is 0 Å². The van der Waals surface area contributed by atoms with Gasteiger partial charge in [0.1, 0.15) is 6.61 Å². The van der Waals surface area contributed by atoms with E-state index in [1.54, 1.807) is 18.3 Å². The fraction of sp³-hybridized carbons (Fsp3) is 0.263. The molecule has 0 atom stereocenters. The lowest BCUT2D eigenvalue weighted by Gasteiger charge is -2.09. The molecule has 4 nitrogen and oxygen atoms in total. The molecule has 23 heavy (non-hydrogen) atoms. The lowest BCUT2D eigenvalue weighted by Crippen LogP contribution is -2.14. The molecule has 0 fully saturated rings. The average Bonchev–Trinajstić information content (AvgIpc) is 2.58. The summed E-state index contributed by atoms with van der Waals surface area (Å²) in [4.78, 5) is 16.4. The van der Waals surface area contributed by atoms with E-state index in [1.807, 2.05) is 56.3 Å². The summed E-state index contributed by atoms with van der Waals surface area (Å²) >= 11 is 0. The van der Waals surface area contributed by atoms with Gasteiger partial charge >= 0.3 is 5.97 Å². The van der Waals surface area contributed by atoms with Crippen LogP contribution in [-0.4, -0.2) is 30.3 Å². The molecule has 0 saturated heterocycles. The summed E-state index contributed by atoms with van der Waals surface area (Å²) in [5.41, 5.74) is 2.08. The maximum atomic E-state index is 12.2. The third-order valence-corrected chi connectivity index (χ3v) is 3.06. The summed E-state index contributed by atoms with van der Waals surface area (Å²) in [5.74, 6) is -0.391. The van der Waals surface area contributed by atoms with Crippen molar-refractivity contribution >= 4 is 18.1 Å². The molecule has 0 amide bonds. The van der Waals surface area contributed by atoms with Gasteiger partial charge in [-0.05, 0) is 37.6 Å². The van der Waals surface area contributed by atoms with E-state index in [9.17, 15) is 4.79 Å². The lowest BCUT2D eigenvalue weighted by atomic mass is 10.1. The molecule has 0 aliphatic carbocycles. The van der Waals surface area contributed by atoms with Crippen molar-refractivity contribution < 1.29 is 14.3 Å². The van der Waals surface area contributed by atoms with Crippen molar-refractivity contribution in [3.05, 3.63) is 65.5 Å². The van der Waals surface area contributed by atoms with Crippen molar-refractivity contribution in [1.29, 1.82) is 0 Å². The zero-order valence-electron chi connectivity index (χ0n) is 13.4. The van der Waals surface area contributed by atoms with Crippen molar-refractivity contribution in [2.45, 2.75) is 20.0 Å². The van der Waals surface area contributed by atoms with Gasteiger partial charge in [-0.25, -0.2) is 4.79 Å². The Labute approximate surface area is 136 Å². The van der Waals surface area contributed by atoms with Crippen LogP contribution in [0.15, 0.2) is 48.7 Å². The molecule has 2 rings (SSSR count). The number of nitrogens with zero attached hydrogens (tertiary/aromatic N) is 1. The van der Waals surface area contributed by atoms with Gasteiger partial charge in [-0.15, -0.1) is 0 Å². The summed E-state index contributed by atoms with van der Waals surface area (Å²) in [7, 11) is 0. The van der Waals surface area contributed by atoms with Gasteiger partial charge in [-0.1, -0.05) is 36.4 Å². The van der Waals surface area contributed by atoms with E-state index in [-0.39, 0.29) is 12.7 Å². The number of pyridine rings is 1. The summed E-state index contributed by atoms with van der Waals surface area (Å²) < 4.78 is 10.6. The molecule has 1 aromatic carbocycles. The fourth-order valence-corrected chi connectivity index (χ4v) is 1.96. The van der Waals surface area contributed by atoms with Crippen LogP contribution in [-0.2, 0) is 9.47 Å². The monoisotopic (exact) mass is 311 g/mol. The highest BCUT2D eigenvalue weighted by Gasteiger charge is 2.11. The van der Waals surface area contributed by atoms with Crippen molar-refractivity contribution in [3.63, 3.8) is 0 Å². The van der Waals surface area contributed by atoms with E-state index in [1.165, 1.54) is 0 Å². The second kappa shape index (κ2) is 8.86. The van der Waals surface area contributed by atoms with Gasteiger partial charge in [-0.2, -0.15) is 0 Å². The van der Waals surface area contributed by atoms with Gasteiger partial charge in [0.2, 0.25) is 0 Å². The van der Waals surface area contributed by atoms with Crippen molar-refractivity contribution in [2.75, 3.05) is 13.2 Å². The quantitative estimate of drug-likeness (QED) is 0.576. The molecule has 0 unspecified atom stereocenters. The minimum absolute atomic E-state index is 0.122. The molecule has 0 bridgehead atoms. The largest absolute Gasteiger partial charge is 0.460 e. The molecule has 120 valence electrons. The highest BCUT2D eigenvalue weighted by Crippen LogP contribution is 2.12. The lowest BCUT2D eigenvalue weighted by molar-refractivity contribution is 0.0176. The summed E-state index contributed by atoms with van der Waals surface area (Å²) in [6, 6.07) is 13.3. The van der Waals surface area contributed by atoms with Gasteiger partial charge in [0.15, 0.2) is 0 Å². The summed E-state index contributed by atoms with van der Waals surface area (Å²) in [6.07, 6.45) is 5.51. The summed E-state index contributed by atoms with van der Waals surface area (Å²) in [5, 5.41) is 0. The van der Waals surface area contributed by atoms with Gasteiger partial charge in [0, 0.05) is 6.20 Å². The van der Waals surface area contributed by atoms with Crippen molar-refractivity contribution in [1.82, 2.24) is 4.98 Å². The first-order valence-electron chi connectivity index (χ1n) is 7.63. The molecule has 4 heteroatoms. The normalized spacial score (nSPS) is 11.1. The molecule has 0 aliphatic rings. The summed E-state index contributed by atoms with van der Waals surface area (Å²) in [6.45, 7) is 4.50. The van der Waals surface area contributed by atoms with Crippen LogP contribution in [0.4, 0.5) is 0 Å². The van der Waals surface area contributed by atoms with E-state index < -0.39 is 5.97 Å². The second-order valence-corrected chi connectivity index (χ2v) is 5.24. The minimum atomic E-state index is -0.391. The van der Waals surface area contributed by atoms with Crippen LogP contribution < -0.4 is 0 Å². The smallest absolute Gasteiger partial charge is 0.340 e. The van der Waals surface area contributed by atoms with Gasteiger partial charge in [0.25, 0.3) is 0 Å². The zero-order valence-corrected chi connectivity index (χ0v) is 13.4. The molecule has 2 aromatic rings. The van der Waals surface area contributed by atoms with Gasteiger partial charge in [-0.3, -0.25) is 4.98 Å². The van der Waals surface area contributed by atoms with E-state index in [0.717, 1.165) is 5.56 Å². The number of hydrogen-bond acceptors (Lipinski definition) is 4. The topological polar surface area (TPSA) is 48.4 Å². The number of carbonyl (C=O) groups is 1. The molecule has 0 aliphatic heterocycles. The Balaban J connectivity index is 2.02. The Morgan fingerprint density at radius 3 is 2.61 bits per heavy atom. The zero-order chi connectivity index (χ0) is 16.5. The molecular formula is C19H21NO3. The highest BCUT2D eigenvalue weighted by atomic mass is 16.6. The predicted octanol–water partition coefficient (Wildman–Crippen LogP) is 3.83. The predicted molar refractivity (Wildman–Crippen MR) is 91.0 cm³/mol. The standard InChI is InChI=1S/C19H21NO3/c1-15(2)22-13-14-23-19(21)17-9-6-12-20-18(17)11-10-16-7-4-3-5-8-16/h3-12,15H,13-14H2,1-2H3. The first-order chi connectivity index (χ1) is 11.2. The first kappa shape index (κ1) is 16.9. The molecular weight excluding hydrogens is 290 g/mol. The van der Waals surface area contributed by atoms with Crippen LogP contribution in [0.1, 0.15) is 35.5 Å². The molecule has 0 N–H and O–H groups in total. The van der Waals surface area contributed by atoms with Crippen LogP contribution in [0.3, 0.4) is 0 Å². The fourth-order valence-electron chi connectivity index (χ4n) is 1.96. The Hall–Kier alpha value is -2.46. The van der Waals surface area contributed by atoms with Crippen molar-refractivity contribution in [3.8, 4) is 0 Å². The Morgan fingerprint density at radius 2 is 1.87 bits per heavy atom. The number of aromatic nitrogens is 1. The molecule has 0 spiro atoms. The minimum Gasteiger partial charge on any atom is -0.460 e. The molecule has 0 radical (unpaired) electrons. The number of benzene rings is 1. The van der Waals surface area contributed by atoms with E-state index in [0.29, 0.717) is 17.9 Å². The number of hydrogen-bond donors (Lipinski definition) is 0. The van der Waals surface area contributed by atoms with Crippen molar-refractivity contribution in [2.24, 2.45) is 0 Å². The third-order valence-electron chi connectivity index (χ3n) is 3.06. The van der Waals surface area contributed by atoms with Crippen LogP contribution in [0.2, 0.25) is 0 Å². The maximum absolute atomic E-state index is 12.2. The van der Waals surface area contributed by atoms with Crippen LogP contribution >= 0.6 is 0 Å². The molecule has 0 saturated carbocycles. The second-order valence-electron chi connectivity index (χ2n) is 5.24. The maximum Gasteiger partial charge on any atom is 0.340 e. The number of esters is 1. The van der Waals surface area contributed by atoms with Gasteiger partial charge < -0.3 is 9.47 Å². The molecule has 1 heterocycles. The SMILES string of the molecule is CC(C)OCCOC(=O)c1cccnc1C=Cc1ccccc1. The Kier molecular flexibility index (Phi) is 6.51. The number of carbonyl (C=O) groups excluding carboxylic acids is 1.